The molecule has 0 bridgehead atoms. The molecule has 0 aliphatic carbocycles. The molecule has 2 aliphatic rings. The first-order chi connectivity index (χ1) is 16.0. The Morgan fingerprint density at radius 2 is 1.82 bits per heavy atom. The highest BCUT2D eigenvalue weighted by molar-refractivity contribution is 6.30. The van der Waals surface area contributed by atoms with E-state index < -0.39 is 12.1 Å². The molecule has 0 saturated carbocycles. The third-order valence-corrected chi connectivity index (χ3v) is 6.62. The van der Waals surface area contributed by atoms with Crippen LogP contribution in [-0.2, 0) is 29.6 Å². The Labute approximate surface area is 197 Å². The number of amides is 2. The fraction of sp³-hybridized carbons (Fsp3) is 0.320. The molecule has 0 radical (unpaired) electrons. The third-order valence-electron chi connectivity index (χ3n) is 6.36. The molecule has 2 fully saturated rings. The van der Waals surface area contributed by atoms with E-state index in [4.69, 9.17) is 11.6 Å². The Hall–Kier alpha value is -3.16. The van der Waals surface area contributed by atoms with E-state index in [9.17, 15) is 9.59 Å². The molecule has 5 rings (SSSR count). The van der Waals surface area contributed by atoms with E-state index in [-0.39, 0.29) is 11.8 Å². The van der Waals surface area contributed by atoms with Crippen molar-refractivity contribution in [2.75, 3.05) is 19.6 Å². The number of carbonyl (C=O) groups is 2. The van der Waals surface area contributed by atoms with Gasteiger partial charge < -0.3 is 10.2 Å². The minimum atomic E-state index is -0.538. The van der Waals surface area contributed by atoms with Gasteiger partial charge in [-0.1, -0.05) is 54.1 Å². The summed E-state index contributed by atoms with van der Waals surface area (Å²) in [7, 11) is 1.92. The van der Waals surface area contributed by atoms with Gasteiger partial charge in [0.25, 0.3) is 0 Å². The molecule has 2 aromatic carbocycles. The number of fused-ring (bicyclic) bond motifs is 1. The van der Waals surface area contributed by atoms with Gasteiger partial charge >= 0.3 is 0 Å². The molecule has 33 heavy (non-hydrogen) atoms. The molecule has 1 aromatic heterocycles. The number of nitrogens with zero attached hydrogens (tertiary/aromatic N) is 4. The molecule has 3 aromatic rings. The fourth-order valence-electron chi connectivity index (χ4n) is 4.73. The second kappa shape index (κ2) is 9.00. The number of benzene rings is 2. The summed E-state index contributed by atoms with van der Waals surface area (Å²) in [4.78, 5) is 30.1. The largest absolute Gasteiger partial charge is 0.342 e. The van der Waals surface area contributed by atoms with Crippen molar-refractivity contribution in [2.45, 2.75) is 25.0 Å². The van der Waals surface area contributed by atoms with E-state index >= 15 is 0 Å². The van der Waals surface area contributed by atoms with Crippen molar-refractivity contribution in [3.63, 3.8) is 0 Å². The van der Waals surface area contributed by atoms with Crippen LogP contribution < -0.4 is 5.32 Å². The smallest absolute Gasteiger partial charge is 0.246 e. The Morgan fingerprint density at radius 3 is 2.58 bits per heavy atom. The third kappa shape index (κ3) is 4.51. The van der Waals surface area contributed by atoms with Crippen molar-refractivity contribution >= 4 is 23.4 Å². The Bertz CT molecular complexity index is 1160. The highest BCUT2D eigenvalue weighted by atomic mass is 35.5. The highest BCUT2D eigenvalue weighted by Gasteiger charge is 2.43. The average Bonchev–Trinajstić information content (AvgIpc) is 3.19. The van der Waals surface area contributed by atoms with Crippen molar-refractivity contribution in [3.8, 4) is 11.3 Å². The normalized spacial score (nSPS) is 21.1. The second-order valence-corrected chi connectivity index (χ2v) is 9.15. The minimum Gasteiger partial charge on any atom is -0.342 e. The first-order valence-electron chi connectivity index (χ1n) is 11.1. The molecule has 2 saturated heterocycles. The zero-order chi connectivity index (χ0) is 22.9. The first-order valence-corrected chi connectivity index (χ1v) is 11.5. The van der Waals surface area contributed by atoms with Gasteiger partial charge in [0.15, 0.2) is 0 Å². The van der Waals surface area contributed by atoms with E-state index in [0.29, 0.717) is 37.6 Å². The lowest BCUT2D eigenvalue weighted by Crippen LogP contribution is -2.69. The predicted molar refractivity (Wildman–Crippen MR) is 127 cm³/mol. The van der Waals surface area contributed by atoms with Gasteiger partial charge in [-0.25, -0.2) is 0 Å². The molecular formula is C25H26ClN5O2. The molecular weight excluding hydrogens is 438 g/mol. The van der Waals surface area contributed by atoms with Crippen LogP contribution in [0.3, 0.4) is 0 Å². The Balaban J connectivity index is 1.27. The van der Waals surface area contributed by atoms with Crippen LogP contribution in [0.5, 0.6) is 0 Å². The van der Waals surface area contributed by atoms with Crippen LogP contribution in [0.1, 0.15) is 11.1 Å². The monoisotopic (exact) mass is 463 g/mol. The van der Waals surface area contributed by atoms with E-state index in [0.717, 1.165) is 22.4 Å². The van der Waals surface area contributed by atoms with Crippen molar-refractivity contribution in [3.05, 3.63) is 76.9 Å². The van der Waals surface area contributed by atoms with Crippen LogP contribution in [0.25, 0.3) is 11.3 Å². The van der Waals surface area contributed by atoms with E-state index in [1.165, 1.54) is 0 Å². The molecule has 0 spiro atoms. The lowest BCUT2D eigenvalue weighted by Gasteiger charge is -2.45. The Kier molecular flexibility index (Phi) is 5.91. The second-order valence-electron chi connectivity index (χ2n) is 8.72. The molecule has 170 valence electrons. The van der Waals surface area contributed by atoms with Crippen molar-refractivity contribution in [2.24, 2.45) is 7.05 Å². The van der Waals surface area contributed by atoms with Gasteiger partial charge in [0.2, 0.25) is 11.8 Å². The lowest BCUT2D eigenvalue weighted by molar-refractivity contribution is -0.153. The van der Waals surface area contributed by atoms with Gasteiger partial charge in [-0.2, -0.15) is 5.10 Å². The Morgan fingerprint density at radius 1 is 1.06 bits per heavy atom. The molecule has 7 nitrogen and oxygen atoms in total. The molecule has 2 amide bonds. The van der Waals surface area contributed by atoms with Crippen LogP contribution in [0, 0.1) is 0 Å². The number of nitrogens with one attached hydrogen (secondary N) is 1. The summed E-state index contributed by atoms with van der Waals surface area (Å²) in [6, 6.07) is 16.5. The maximum atomic E-state index is 13.1. The number of rotatable bonds is 5. The number of hydrogen-bond donors (Lipinski definition) is 1. The van der Waals surface area contributed by atoms with Crippen LogP contribution >= 0.6 is 11.6 Å². The van der Waals surface area contributed by atoms with Crippen molar-refractivity contribution in [1.29, 1.82) is 0 Å². The summed E-state index contributed by atoms with van der Waals surface area (Å²) in [5.74, 6) is -0.103. The maximum absolute atomic E-state index is 13.1. The van der Waals surface area contributed by atoms with E-state index in [1.807, 2.05) is 48.3 Å². The summed E-state index contributed by atoms with van der Waals surface area (Å²) in [5.41, 5.74) is 4.11. The van der Waals surface area contributed by atoms with Crippen molar-refractivity contribution in [1.82, 2.24) is 24.9 Å². The lowest BCUT2D eigenvalue weighted by atomic mass is 9.98. The van der Waals surface area contributed by atoms with E-state index in [1.54, 1.807) is 17.0 Å². The molecule has 1 N–H and O–H groups in total. The molecule has 2 atom stereocenters. The fourth-order valence-corrected chi connectivity index (χ4v) is 4.85. The summed E-state index contributed by atoms with van der Waals surface area (Å²) >= 11 is 5.96. The molecule has 8 heteroatoms. The molecule has 2 aliphatic heterocycles. The SMILES string of the molecule is Cn1cc(CN2CCN3C(=O)[C@H](Cc4ccc(Cl)cc4)NC(=O)[C@H]3C2)c(-c2ccccc2)n1. The van der Waals surface area contributed by atoms with Gasteiger partial charge in [-0.3, -0.25) is 19.2 Å². The van der Waals surface area contributed by atoms with Crippen LogP contribution in [0.2, 0.25) is 5.02 Å². The van der Waals surface area contributed by atoms with Gasteiger partial charge in [-0.15, -0.1) is 0 Å². The molecule has 3 heterocycles. The standard InChI is InChI=1S/C25H26ClN5O2/c1-29-14-19(23(28-29)18-5-3-2-4-6-18)15-30-11-12-31-22(16-30)24(32)27-21(25(31)33)13-17-7-9-20(26)10-8-17/h2-10,14,21-22H,11-13,15-16H2,1H3,(H,27,32)/t21-,22+/m0/s1. The summed E-state index contributed by atoms with van der Waals surface area (Å²) in [6.07, 6.45) is 2.49. The number of hydrogen-bond acceptors (Lipinski definition) is 4. The van der Waals surface area contributed by atoms with Gasteiger partial charge in [-0.05, 0) is 17.7 Å². The predicted octanol–water partition coefficient (Wildman–Crippen LogP) is 2.49. The number of aryl methyl sites for hydroxylation is 1. The van der Waals surface area contributed by atoms with Crippen LogP contribution in [0.4, 0.5) is 0 Å². The van der Waals surface area contributed by atoms with E-state index in [2.05, 4.69) is 27.4 Å². The quantitative estimate of drug-likeness (QED) is 0.631. The maximum Gasteiger partial charge on any atom is 0.246 e. The number of carbonyl (C=O) groups excluding carboxylic acids is 2. The molecule has 0 unspecified atom stereocenters. The van der Waals surface area contributed by atoms with Crippen LogP contribution in [-0.4, -0.2) is 63.1 Å². The zero-order valence-electron chi connectivity index (χ0n) is 18.4. The van der Waals surface area contributed by atoms with Gasteiger partial charge in [0.05, 0.1) is 5.69 Å². The zero-order valence-corrected chi connectivity index (χ0v) is 19.2. The summed E-state index contributed by atoms with van der Waals surface area (Å²) in [5, 5.41) is 8.25. The first kappa shape index (κ1) is 21.7. The summed E-state index contributed by atoms with van der Waals surface area (Å²) in [6.45, 7) is 2.44. The topological polar surface area (TPSA) is 70.5 Å². The summed E-state index contributed by atoms with van der Waals surface area (Å²) < 4.78 is 1.83. The highest BCUT2D eigenvalue weighted by Crippen LogP contribution is 2.25. The van der Waals surface area contributed by atoms with Crippen LogP contribution in [0.15, 0.2) is 60.8 Å². The number of halogens is 1. The average molecular weight is 464 g/mol. The van der Waals surface area contributed by atoms with Crippen molar-refractivity contribution < 1.29 is 9.59 Å². The van der Waals surface area contributed by atoms with Gasteiger partial charge in [0, 0.05) is 62.0 Å². The number of aromatic nitrogens is 2. The van der Waals surface area contributed by atoms with Gasteiger partial charge in [0.1, 0.15) is 12.1 Å². The number of piperazine rings is 2. The minimum absolute atomic E-state index is 0.0134.